The standard InChI is InChI=1S/C24H23NO3/c1-17(19-9-5-3-6-10-19)25-18(2)23(26)20-13-15-22(16-14-20)28-24(27)21-11-7-4-8-12-21/h3-18,25H,1-2H3/t17-,18?/m1/s1. The molecule has 0 amide bonds. The van der Waals surface area contributed by atoms with Gasteiger partial charge in [-0.3, -0.25) is 4.79 Å². The molecule has 3 aromatic rings. The first-order valence-electron chi connectivity index (χ1n) is 9.27. The topological polar surface area (TPSA) is 55.4 Å². The van der Waals surface area contributed by atoms with Gasteiger partial charge in [-0.05, 0) is 55.8 Å². The van der Waals surface area contributed by atoms with E-state index in [1.54, 1.807) is 48.5 Å². The van der Waals surface area contributed by atoms with Crippen LogP contribution in [0, 0.1) is 0 Å². The molecule has 0 aromatic heterocycles. The van der Waals surface area contributed by atoms with Crippen LogP contribution in [-0.2, 0) is 0 Å². The minimum atomic E-state index is -0.425. The molecule has 1 N–H and O–H groups in total. The van der Waals surface area contributed by atoms with Gasteiger partial charge in [-0.15, -0.1) is 0 Å². The molecule has 0 heterocycles. The predicted molar refractivity (Wildman–Crippen MR) is 110 cm³/mol. The Bertz CT molecular complexity index is 921. The van der Waals surface area contributed by atoms with Crippen molar-refractivity contribution in [2.45, 2.75) is 25.9 Å². The van der Waals surface area contributed by atoms with E-state index in [0.717, 1.165) is 5.56 Å². The molecule has 2 atom stereocenters. The van der Waals surface area contributed by atoms with Crippen LogP contribution in [0.2, 0.25) is 0 Å². The van der Waals surface area contributed by atoms with E-state index in [9.17, 15) is 9.59 Å². The fourth-order valence-corrected chi connectivity index (χ4v) is 2.97. The summed E-state index contributed by atoms with van der Waals surface area (Å²) >= 11 is 0. The van der Waals surface area contributed by atoms with Gasteiger partial charge in [-0.25, -0.2) is 4.79 Å². The van der Waals surface area contributed by atoms with E-state index in [4.69, 9.17) is 4.74 Å². The minimum Gasteiger partial charge on any atom is -0.423 e. The number of hydrogen-bond acceptors (Lipinski definition) is 4. The molecule has 0 fully saturated rings. The monoisotopic (exact) mass is 373 g/mol. The highest BCUT2D eigenvalue weighted by molar-refractivity contribution is 6.00. The first-order chi connectivity index (χ1) is 13.5. The summed E-state index contributed by atoms with van der Waals surface area (Å²) in [6.07, 6.45) is 0. The molecule has 4 heteroatoms. The van der Waals surface area contributed by atoms with Gasteiger partial charge >= 0.3 is 5.97 Å². The van der Waals surface area contributed by atoms with Crippen molar-refractivity contribution in [3.05, 3.63) is 102 Å². The Balaban J connectivity index is 1.60. The molecule has 0 aliphatic heterocycles. The predicted octanol–water partition coefficient (Wildman–Crippen LogP) is 4.83. The number of carbonyl (C=O) groups excluding carboxylic acids is 2. The van der Waals surface area contributed by atoms with Gasteiger partial charge in [0.1, 0.15) is 5.75 Å². The highest BCUT2D eigenvalue weighted by Crippen LogP contribution is 2.17. The zero-order valence-electron chi connectivity index (χ0n) is 16.0. The van der Waals surface area contributed by atoms with Gasteiger partial charge in [0.15, 0.2) is 5.78 Å². The third-order valence-corrected chi connectivity index (χ3v) is 4.55. The van der Waals surface area contributed by atoms with Crippen molar-refractivity contribution >= 4 is 11.8 Å². The lowest BCUT2D eigenvalue weighted by Gasteiger charge is -2.19. The van der Waals surface area contributed by atoms with E-state index in [-0.39, 0.29) is 17.9 Å². The van der Waals surface area contributed by atoms with Gasteiger partial charge in [-0.1, -0.05) is 48.5 Å². The first kappa shape index (κ1) is 19.5. The Morgan fingerprint density at radius 3 is 1.93 bits per heavy atom. The fraction of sp³-hybridized carbons (Fsp3) is 0.167. The van der Waals surface area contributed by atoms with Crippen LogP contribution in [0.25, 0.3) is 0 Å². The largest absolute Gasteiger partial charge is 0.423 e. The molecular weight excluding hydrogens is 350 g/mol. The lowest BCUT2D eigenvalue weighted by atomic mass is 10.0. The Labute approximate surface area is 165 Å². The first-order valence-corrected chi connectivity index (χ1v) is 9.27. The van der Waals surface area contributed by atoms with Crippen LogP contribution in [0.15, 0.2) is 84.9 Å². The fourth-order valence-electron chi connectivity index (χ4n) is 2.97. The van der Waals surface area contributed by atoms with Crippen molar-refractivity contribution in [1.82, 2.24) is 5.32 Å². The molecule has 3 aromatic carbocycles. The summed E-state index contributed by atoms with van der Waals surface area (Å²) in [7, 11) is 0. The maximum atomic E-state index is 12.7. The molecule has 1 unspecified atom stereocenters. The number of benzene rings is 3. The van der Waals surface area contributed by atoms with E-state index in [2.05, 4.69) is 5.32 Å². The molecule has 4 nitrogen and oxygen atoms in total. The maximum absolute atomic E-state index is 12.7. The quantitative estimate of drug-likeness (QED) is 0.366. The van der Waals surface area contributed by atoms with Gasteiger partial charge in [0.05, 0.1) is 11.6 Å². The molecule has 0 saturated heterocycles. The number of Topliss-reactive ketones (excluding diaryl/α,β-unsaturated/α-hetero) is 1. The summed E-state index contributed by atoms with van der Waals surface area (Å²) in [5.74, 6) is -0.0289. The molecule has 0 aliphatic rings. The Hall–Kier alpha value is -3.24. The summed E-state index contributed by atoms with van der Waals surface area (Å²) in [6.45, 7) is 3.89. The molecule has 0 saturated carbocycles. The molecule has 0 radical (unpaired) electrons. The molecule has 3 rings (SSSR count). The third kappa shape index (κ3) is 4.93. The van der Waals surface area contributed by atoms with Crippen LogP contribution >= 0.6 is 0 Å². The van der Waals surface area contributed by atoms with Crippen LogP contribution in [0.3, 0.4) is 0 Å². The van der Waals surface area contributed by atoms with Gasteiger partial charge in [-0.2, -0.15) is 0 Å². The van der Waals surface area contributed by atoms with Gasteiger partial charge in [0.2, 0.25) is 0 Å². The Morgan fingerprint density at radius 2 is 1.32 bits per heavy atom. The second kappa shape index (κ2) is 9.11. The van der Waals surface area contributed by atoms with Gasteiger partial charge in [0.25, 0.3) is 0 Å². The maximum Gasteiger partial charge on any atom is 0.343 e. The SMILES string of the molecule is CC(N[C@H](C)c1ccccc1)C(=O)c1ccc(OC(=O)c2ccccc2)cc1. The lowest BCUT2D eigenvalue weighted by molar-refractivity contribution is 0.0734. The molecule has 142 valence electrons. The number of esters is 1. The van der Waals surface area contributed by atoms with E-state index in [0.29, 0.717) is 16.9 Å². The summed E-state index contributed by atoms with van der Waals surface area (Å²) in [6, 6.07) is 25.2. The van der Waals surface area contributed by atoms with E-state index >= 15 is 0 Å². The van der Waals surface area contributed by atoms with E-state index in [1.165, 1.54) is 0 Å². The summed E-state index contributed by atoms with van der Waals surface area (Å²) < 4.78 is 5.35. The van der Waals surface area contributed by atoms with Crippen molar-refractivity contribution in [2.24, 2.45) is 0 Å². The molecule has 0 aliphatic carbocycles. The van der Waals surface area contributed by atoms with E-state index < -0.39 is 5.97 Å². The number of carbonyl (C=O) groups is 2. The second-order valence-electron chi connectivity index (χ2n) is 6.66. The molecule has 0 bridgehead atoms. The highest BCUT2D eigenvalue weighted by atomic mass is 16.5. The van der Waals surface area contributed by atoms with Crippen LogP contribution in [0.4, 0.5) is 0 Å². The van der Waals surface area contributed by atoms with Crippen molar-refractivity contribution in [3.8, 4) is 5.75 Å². The van der Waals surface area contributed by atoms with Crippen molar-refractivity contribution in [3.63, 3.8) is 0 Å². The highest BCUT2D eigenvalue weighted by Gasteiger charge is 2.18. The zero-order valence-corrected chi connectivity index (χ0v) is 16.0. The van der Waals surface area contributed by atoms with Crippen LogP contribution < -0.4 is 10.1 Å². The molecule has 28 heavy (non-hydrogen) atoms. The number of rotatable bonds is 7. The summed E-state index contributed by atoms with van der Waals surface area (Å²) in [5.41, 5.74) is 2.18. The average Bonchev–Trinajstić information content (AvgIpc) is 2.75. The van der Waals surface area contributed by atoms with E-state index in [1.807, 2.05) is 50.2 Å². The van der Waals surface area contributed by atoms with Gasteiger partial charge in [0, 0.05) is 11.6 Å². The zero-order chi connectivity index (χ0) is 19.9. The van der Waals surface area contributed by atoms with Crippen LogP contribution in [0.1, 0.15) is 46.2 Å². The van der Waals surface area contributed by atoms with Crippen molar-refractivity contribution in [1.29, 1.82) is 0 Å². The molecular formula is C24H23NO3. The number of hydrogen-bond donors (Lipinski definition) is 1. The smallest absolute Gasteiger partial charge is 0.343 e. The summed E-state index contributed by atoms with van der Waals surface area (Å²) in [5, 5.41) is 3.33. The molecule has 0 spiro atoms. The third-order valence-electron chi connectivity index (χ3n) is 4.55. The minimum absolute atomic E-state index is 0.0104. The Morgan fingerprint density at radius 1 is 0.750 bits per heavy atom. The van der Waals surface area contributed by atoms with Gasteiger partial charge < -0.3 is 10.1 Å². The number of ketones is 1. The van der Waals surface area contributed by atoms with Crippen LogP contribution in [-0.4, -0.2) is 17.8 Å². The van der Waals surface area contributed by atoms with Crippen molar-refractivity contribution < 1.29 is 14.3 Å². The Kier molecular flexibility index (Phi) is 6.35. The normalized spacial score (nSPS) is 12.8. The average molecular weight is 373 g/mol. The summed E-state index contributed by atoms with van der Waals surface area (Å²) in [4.78, 5) is 24.8. The number of nitrogens with one attached hydrogen (secondary N) is 1. The van der Waals surface area contributed by atoms with Crippen molar-refractivity contribution in [2.75, 3.05) is 0 Å². The van der Waals surface area contributed by atoms with Crippen LogP contribution in [0.5, 0.6) is 5.75 Å². The number of ether oxygens (including phenoxy) is 1. The second-order valence-corrected chi connectivity index (χ2v) is 6.66. The lowest BCUT2D eigenvalue weighted by Crippen LogP contribution is -2.35.